The van der Waals surface area contributed by atoms with Gasteiger partial charge >= 0.3 is 17.8 Å². The monoisotopic (exact) mass is 710 g/mol. The van der Waals surface area contributed by atoms with Gasteiger partial charge in [0.15, 0.2) is 0 Å². The zero-order valence-electron chi connectivity index (χ0n) is 28.1. The number of carbonyl (C=O) groups excluding carboxylic acids is 2. The van der Waals surface area contributed by atoms with E-state index in [1.807, 2.05) is 6.07 Å². The van der Waals surface area contributed by atoms with Gasteiger partial charge in [0.1, 0.15) is 18.0 Å². The van der Waals surface area contributed by atoms with E-state index in [2.05, 4.69) is 15.0 Å². The van der Waals surface area contributed by atoms with Crippen LogP contribution in [-0.4, -0.2) is 65.7 Å². The van der Waals surface area contributed by atoms with E-state index in [0.29, 0.717) is 43.9 Å². The number of hydrogen-bond donors (Lipinski definition) is 2. The van der Waals surface area contributed by atoms with Crippen LogP contribution in [-0.2, 0) is 35.3 Å². The van der Waals surface area contributed by atoms with Gasteiger partial charge in [0.25, 0.3) is 11.5 Å². The number of rotatable bonds is 11. The van der Waals surface area contributed by atoms with Gasteiger partial charge < -0.3 is 20.7 Å². The van der Waals surface area contributed by atoms with Crippen LogP contribution in [0.1, 0.15) is 44.3 Å². The van der Waals surface area contributed by atoms with E-state index in [1.54, 1.807) is 53.4 Å². The lowest BCUT2D eigenvalue weighted by Gasteiger charge is -2.37. The van der Waals surface area contributed by atoms with Crippen LogP contribution in [0.15, 0.2) is 82.4 Å². The smallest absolute Gasteiger partial charge is 0.416 e. The summed E-state index contributed by atoms with van der Waals surface area (Å²) in [6.45, 7) is 2.23. The molecular formula is C36H38F4N6O5. The molecule has 11 nitrogen and oxygen atoms in total. The molecule has 1 saturated heterocycles. The highest BCUT2D eigenvalue weighted by atomic mass is 19.4. The fourth-order valence-electron chi connectivity index (χ4n) is 6.17. The molecule has 270 valence electrons. The average Bonchev–Trinajstić information content (AvgIpc) is 3.12. The van der Waals surface area contributed by atoms with Crippen LogP contribution in [0, 0.1) is 12.7 Å². The average molecular weight is 711 g/mol. The molecule has 1 fully saturated rings. The van der Waals surface area contributed by atoms with Crippen LogP contribution in [0.25, 0.3) is 0 Å². The molecule has 0 radical (unpaired) electrons. The summed E-state index contributed by atoms with van der Waals surface area (Å²) in [5, 5.41) is 2.50. The fourth-order valence-corrected chi connectivity index (χ4v) is 6.17. The second-order valence-corrected chi connectivity index (χ2v) is 12.2. The number of aromatic nitrogens is 2. The number of methoxy groups -OCH3 is 1. The largest absolute Gasteiger partial charge is 0.468 e. The molecule has 51 heavy (non-hydrogen) atoms. The first-order chi connectivity index (χ1) is 24.3. The van der Waals surface area contributed by atoms with Gasteiger partial charge in [-0.3, -0.25) is 28.4 Å². The maximum Gasteiger partial charge on any atom is 0.416 e. The third kappa shape index (κ3) is 8.55. The molecule has 1 aliphatic rings. The van der Waals surface area contributed by atoms with Crippen molar-refractivity contribution in [2.45, 2.75) is 38.8 Å². The summed E-state index contributed by atoms with van der Waals surface area (Å²) in [7, 11) is 1.23. The van der Waals surface area contributed by atoms with E-state index in [4.69, 9.17) is 5.73 Å². The van der Waals surface area contributed by atoms with Crippen molar-refractivity contribution in [3.63, 3.8) is 0 Å². The first kappa shape index (κ1) is 37.0. The summed E-state index contributed by atoms with van der Waals surface area (Å²) >= 11 is 0. The number of nitrogens with zero attached hydrogens (tertiary/aromatic N) is 4. The van der Waals surface area contributed by atoms with Crippen molar-refractivity contribution < 1.29 is 31.9 Å². The number of piperazine rings is 1. The maximum atomic E-state index is 15.0. The van der Waals surface area contributed by atoms with Crippen LogP contribution in [0.4, 0.5) is 23.2 Å². The Hall–Kier alpha value is -5.28. The molecule has 0 unspecified atom stereocenters. The summed E-state index contributed by atoms with van der Waals surface area (Å²) < 4.78 is 63.4. The standard InChI is InChI=1S/C36H38F4N6O5/c1-23-32(44-16-14-43(15-17-44)20-24-8-6-11-26(18-24)33(48)42-19-31(47)51-2)34(49)46(22-30(41)25-9-4-3-5-10-25)35(50)45(23)21-27-28(36(38,39)40)12-7-13-29(27)37/h3-13,18,30H,14-17,19-22,41H2,1-2H3,(H,42,48)/t30-/m0/s1. The lowest BCUT2D eigenvalue weighted by atomic mass is 10.1. The number of esters is 1. The summed E-state index contributed by atoms with van der Waals surface area (Å²) in [6, 6.07) is 17.5. The number of ether oxygens (including phenoxy) is 1. The number of nitrogens with one attached hydrogen (secondary N) is 1. The van der Waals surface area contributed by atoms with Gasteiger partial charge in [0.2, 0.25) is 0 Å². The SMILES string of the molecule is COC(=O)CNC(=O)c1cccc(CN2CCN(c3c(C)n(Cc4c(F)cccc4C(F)(F)F)c(=O)n(C[C@H](N)c4ccccc4)c3=O)CC2)c1. The molecular weight excluding hydrogens is 672 g/mol. The summed E-state index contributed by atoms with van der Waals surface area (Å²) in [5.41, 5.74) is 4.99. The molecule has 0 bridgehead atoms. The quantitative estimate of drug-likeness (QED) is 0.179. The molecule has 0 aliphatic carbocycles. The number of alkyl halides is 3. The Kier molecular flexibility index (Phi) is 11.4. The molecule has 0 spiro atoms. The minimum Gasteiger partial charge on any atom is -0.468 e. The number of carbonyl (C=O) groups is 2. The Morgan fingerprint density at radius 3 is 2.27 bits per heavy atom. The maximum absolute atomic E-state index is 15.0. The molecule has 1 amide bonds. The van der Waals surface area contributed by atoms with Crippen molar-refractivity contribution in [3.05, 3.63) is 133 Å². The van der Waals surface area contributed by atoms with Crippen LogP contribution in [0.3, 0.4) is 0 Å². The van der Waals surface area contributed by atoms with E-state index in [0.717, 1.165) is 32.9 Å². The highest BCUT2D eigenvalue weighted by Crippen LogP contribution is 2.33. The molecule has 2 heterocycles. The number of hydrogen-bond acceptors (Lipinski definition) is 8. The Labute approximate surface area is 290 Å². The van der Waals surface area contributed by atoms with E-state index < -0.39 is 58.8 Å². The molecule has 4 aromatic rings. The van der Waals surface area contributed by atoms with Crippen molar-refractivity contribution in [2.75, 3.05) is 44.7 Å². The first-order valence-electron chi connectivity index (χ1n) is 16.2. The molecule has 1 aromatic heterocycles. The van der Waals surface area contributed by atoms with Crippen molar-refractivity contribution in [1.82, 2.24) is 19.4 Å². The van der Waals surface area contributed by atoms with Crippen LogP contribution in [0.2, 0.25) is 0 Å². The molecule has 3 aromatic carbocycles. The van der Waals surface area contributed by atoms with Gasteiger partial charge in [0, 0.05) is 55.6 Å². The number of nitrogens with two attached hydrogens (primary N) is 1. The van der Waals surface area contributed by atoms with Crippen LogP contribution < -0.4 is 27.2 Å². The molecule has 1 aliphatic heterocycles. The van der Waals surface area contributed by atoms with Crippen molar-refractivity contribution >= 4 is 17.6 Å². The molecule has 15 heteroatoms. The Morgan fingerprint density at radius 2 is 1.61 bits per heavy atom. The third-order valence-electron chi connectivity index (χ3n) is 8.91. The van der Waals surface area contributed by atoms with E-state index >= 15 is 4.39 Å². The zero-order chi connectivity index (χ0) is 36.9. The predicted molar refractivity (Wildman–Crippen MR) is 182 cm³/mol. The number of benzene rings is 3. The second kappa shape index (κ2) is 15.7. The van der Waals surface area contributed by atoms with Gasteiger partial charge in [-0.1, -0.05) is 48.5 Å². The number of anilines is 1. The lowest BCUT2D eigenvalue weighted by molar-refractivity contribution is -0.139. The van der Waals surface area contributed by atoms with Crippen LogP contribution >= 0.6 is 0 Å². The first-order valence-corrected chi connectivity index (χ1v) is 16.2. The van der Waals surface area contributed by atoms with Crippen LogP contribution in [0.5, 0.6) is 0 Å². The minimum absolute atomic E-state index is 0.102. The van der Waals surface area contributed by atoms with Gasteiger partial charge in [-0.05, 0) is 42.3 Å². The molecule has 1 atom stereocenters. The summed E-state index contributed by atoms with van der Waals surface area (Å²) in [5.74, 6) is -2.14. The topological polar surface area (TPSA) is 132 Å². The zero-order valence-corrected chi connectivity index (χ0v) is 28.1. The second-order valence-electron chi connectivity index (χ2n) is 12.2. The predicted octanol–water partition coefficient (Wildman–Crippen LogP) is 3.45. The van der Waals surface area contributed by atoms with Gasteiger partial charge in [-0.25, -0.2) is 9.18 Å². The van der Waals surface area contributed by atoms with E-state index in [1.165, 1.54) is 14.0 Å². The van der Waals surface area contributed by atoms with Gasteiger partial charge in [-0.2, -0.15) is 13.2 Å². The number of amides is 1. The highest BCUT2D eigenvalue weighted by Gasteiger charge is 2.35. The Balaban J connectivity index is 1.43. The highest BCUT2D eigenvalue weighted by molar-refractivity contribution is 5.96. The van der Waals surface area contributed by atoms with Gasteiger partial charge in [0.05, 0.1) is 25.8 Å². The van der Waals surface area contributed by atoms with Crippen molar-refractivity contribution in [2.24, 2.45) is 5.73 Å². The lowest BCUT2D eigenvalue weighted by Crippen LogP contribution is -2.51. The normalized spacial score (nSPS) is 14.3. The van der Waals surface area contributed by atoms with E-state index in [9.17, 15) is 32.3 Å². The molecule has 0 saturated carbocycles. The fraction of sp³-hybridized carbons (Fsp3) is 0.333. The van der Waals surface area contributed by atoms with Gasteiger partial charge in [-0.15, -0.1) is 0 Å². The Bertz CT molecular complexity index is 2010. The summed E-state index contributed by atoms with van der Waals surface area (Å²) in [6.07, 6.45) is -4.88. The van der Waals surface area contributed by atoms with Crippen molar-refractivity contribution in [3.8, 4) is 0 Å². The Morgan fingerprint density at radius 1 is 0.922 bits per heavy atom. The number of halogens is 4. The molecule has 3 N–H and O–H groups in total. The minimum atomic E-state index is -4.88. The summed E-state index contributed by atoms with van der Waals surface area (Å²) in [4.78, 5) is 55.8. The third-order valence-corrected chi connectivity index (χ3v) is 8.91. The molecule has 5 rings (SSSR count). The van der Waals surface area contributed by atoms with E-state index in [-0.39, 0.29) is 24.5 Å². The van der Waals surface area contributed by atoms with Crippen molar-refractivity contribution in [1.29, 1.82) is 0 Å².